The number of para-hydroxylation sites is 1. The molecule has 8 heteroatoms. The van der Waals surface area contributed by atoms with Crippen molar-refractivity contribution in [2.24, 2.45) is 0 Å². The van der Waals surface area contributed by atoms with Gasteiger partial charge in [0.1, 0.15) is 0 Å². The van der Waals surface area contributed by atoms with Gasteiger partial charge in [0.25, 0.3) is 0 Å². The lowest BCUT2D eigenvalue weighted by molar-refractivity contribution is -0.115. The molecule has 0 saturated heterocycles. The Hall–Kier alpha value is -3.39. The number of thioether (sulfide) groups is 1. The Kier molecular flexibility index (Phi) is 5.67. The first-order valence-corrected chi connectivity index (χ1v) is 10.4. The predicted molar refractivity (Wildman–Crippen MR) is 117 cm³/mol. The van der Waals surface area contributed by atoms with E-state index in [0.29, 0.717) is 23.0 Å². The number of amides is 1. The molecule has 0 aliphatic heterocycles. The van der Waals surface area contributed by atoms with E-state index in [-0.39, 0.29) is 11.9 Å². The van der Waals surface area contributed by atoms with E-state index in [4.69, 9.17) is 4.74 Å². The zero-order chi connectivity index (χ0) is 21.1. The maximum Gasteiger partial charge on any atom is 0.338 e. The fourth-order valence-electron chi connectivity index (χ4n) is 3.05. The van der Waals surface area contributed by atoms with Crippen molar-refractivity contribution in [2.45, 2.75) is 24.3 Å². The number of esters is 1. The van der Waals surface area contributed by atoms with Crippen LogP contribution in [0.15, 0.2) is 65.8 Å². The lowest BCUT2D eigenvalue weighted by Crippen LogP contribution is -2.22. The van der Waals surface area contributed by atoms with Gasteiger partial charge in [0.2, 0.25) is 5.91 Å². The molecule has 0 fully saturated rings. The Bertz CT molecular complexity index is 1220. The van der Waals surface area contributed by atoms with Crippen molar-refractivity contribution >= 4 is 45.9 Å². The molecule has 2 heterocycles. The minimum atomic E-state index is -0.402. The van der Waals surface area contributed by atoms with Crippen LogP contribution in [0.25, 0.3) is 16.6 Å². The van der Waals surface area contributed by atoms with Gasteiger partial charge in [-0.25, -0.2) is 4.79 Å². The van der Waals surface area contributed by atoms with E-state index < -0.39 is 5.25 Å². The van der Waals surface area contributed by atoms with Crippen molar-refractivity contribution in [3.05, 3.63) is 66.2 Å². The molecule has 0 radical (unpaired) electrons. The number of benzene rings is 2. The van der Waals surface area contributed by atoms with E-state index in [9.17, 15) is 9.59 Å². The SMILES string of the molecule is CCOC(=O)c1ccc(NC(=O)C(C)Sc2nnc3ccc4ccccc4n23)cc1. The number of anilines is 1. The fraction of sp³-hybridized carbons (Fsp3) is 0.182. The van der Waals surface area contributed by atoms with E-state index in [1.54, 1.807) is 31.2 Å². The van der Waals surface area contributed by atoms with Crippen LogP contribution in [0.5, 0.6) is 0 Å². The van der Waals surface area contributed by atoms with Gasteiger partial charge < -0.3 is 10.1 Å². The largest absolute Gasteiger partial charge is 0.462 e. The Morgan fingerprint density at radius 1 is 1.07 bits per heavy atom. The van der Waals surface area contributed by atoms with Crippen LogP contribution in [0.3, 0.4) is 0 Å². The Morgan fingerprint density at radius 2 is 1.83 bits per heavy atom. The quantitative estimate of drug-likeness (QED) is 0.372. The first-order chi connectivity index (χ1) is 14.6. The summed E-state index contributed by atoms with van der Waals surface area (Å²) in [5, 5.41) is 12.7. The van der Waals surface area contributed by atoms with Gasteiger partial charge in [-0.1, -0.05) is 30.0 Å². The van der Waals surface area contributed by atoms with E-state index in [1.807, 2.05) is 47.7 Å². The highest BCUT2D eigenvalue weighted by molar-refractivity contribution is 8.00. The highest BCUT2D eigenvalue weighted by atomic mass is 32.2. The molecule has 1 atom stereocenters. The lowest BCUT2D eigenvalue weighted by Gasteiger charge is -2.12. The molecule has 4 rings (SSSR count). The molecule has 1 N–H and O–H groups in total. The fourth-order valence-corrected chi connectivity index (χ4v) is 3.92. The maximum atomic E-state index is 12.7. The number of rotatable bonds is 6. The summed E-state index contributed by atoms with van der Waals surface area (Å²) in [7, 11) is 0. The monoisotopic (exact) mass is 420 g/mol. The number of fused-ring (bicyclic) bond motifs is 3. The minimum absolute atomic E-state index is 0.166. The summed E-state index contributed by atoms with van der Waals surface area (Å²) in [6, 6.07) is 18.5. The predicted octanol–water partition coefficient (Wildman–Crippen LogP) is 4.18. The topological polar surface area (TPSA) is 85.6 Å². The van der Waals surface area contributed by atoms with Crippen LogP contribution in [0.2, 0.25) is 0 Å². The second-order valence-corrected chi connectivity index (χ2v) is 7.92. The molecule has 1 amide bonds. The molecule has 0 bridgehead atoms. The third kappa shape index (κ3) is 3.99. The van der Waals surface area contributed by atoms with E-state index >= 15 is 0 Å². The van der Waals surface area contributed by atoms with Crippen LogP contribution >= 0.6 is 11.8 Å². The number of hydrogen-bond donors (Lipinski definition) is 1. The number of nitrogens with one attached hydrogen (secondary N) is 1. The Morgan fingerprint density at radius 3 is 2.60 bits per heavy atom. The second-order valence-electron chi connectivity index (χ2n) is 6.62. The molecular weight excluding hydrogens is 400 g/mol. The maximum absolute atomic E-state index is 12.7. The number of carbonyl (C=O) groups excluding carboxylic acids is 2. The van der Waals surface area contributed by atoms with Gasteiger partial charge >= 0.3 is 5.97 Å². The van der Waals surface area contributed by atoms with Gasteiger partial charge in [-0.15, -0.1) is 10.2 Å². The van der Waals surface area contributed by atoms with Crippen molar-refractivity contribution in [3.8, 4) is 0 Å². The van der Waals surface area contributed by atoms with Gasteiger partial charge in [-0.05, 0) is 61.7 Å². The normalized spacial score (nSPS) is 12.1. The Labute approximate surface area is 177 Å². The van der Waals surface area contributed by atoms with Crippen molar-refractivity contribution in [1.82, 2.24) is 14.6 Å². The van der Waals surface area contributed by atoms with Gasteiger partial charge in [-0.2, -0.15) is 0 Å². The zero-order valence-electron chi connectivity index (χ0n) is 16.5. The number of carbonyl (C=O) groups is 2. The van der Waals surface area contributed by atoms with Gasteiger partial charge in [0.15, 0.2) is 10.8 Å². The molecule has 2 aromatic heterocycles. The number of nitrogens with zero attached hydrogens (tertiary/aromatic N) is 3. The lowest BCUT2D eigenvalue weighted by atomic mass is 10.2. The number of ether oxygens (including phenoxy) is 1. The molecule has 1 unspecified atom stereocenters. The molecule has 0 aliphatic carbocycles. The van der Waals surface area contributed by atoms with Crippen LogP contribution in [0, 0.1) is 0 Å². The highest BCUT2D eigenvalue weighted by Gasteiger charge is 2.19. The molecule has 0 saturated carbocycles. The van der Waals surface area contributed by atoms with Crippen molar-refractivity contribution < 1.29 is 14.3 Å². The van der Waals surface area contributed by atoms with Gasteiger partial charge in [0, 0.05) is 5.69 Å². The van der Waals surface area contributed by atoms with Crippen LogP contribution in [-0.4, -0.2) is 38.3 Å². The smallest absolute Gasteiger partial charge is 0.338 e. The summed E-state index contributed by atoms with van der Waals surface area (Å²) in [4.78, 5) is 24.4. The van der Waals surface area contributed by atoms with Crippen molar-refractivity contribution in [2.75, 3.05) is 11.9 Å². The molecule has 30 heavy (non-hydrogen) atoms. The van der Waals surface area contributed by atoms with E-state index in [1.165, 1.54) is 11.8 Å². The minimum Gasteiger partial charge on any atom is -0.462 e. The third-order valence-electron chi connectivity index (χ3n) is 4.56. The van der Waals surface area contributed by atoms with Crippen LogP contribution in [0.4, 0.5) is 5.69 Å². The van der Waals surface area contributed by atoms with Crippen molar-refractivity contribution in [3.63, 3.8) is 0 Å². The summed E-state index contributed by atoms with van der Waals surface area (Å²) in [6.07, 6.45) is 0. The molecule has 7 nitrogen and oxygen atoms in total. The summed E-state index contributed by atoms with van der Waals surface area (Å²) >= 11 is 1.34. The van der Waals surface area contributed by atoms with Gasteiger partial charge in [-0.3, -0.25) is 9.20 Å². The van der Waals surface area contributed by atoms with Crippen LogP contribution in [0.1, 0.15) is 24.2 Å². The average molecular weight is 420 g/mol. The summed E-state index contributed by atoms with van der Waals surface area (Å²) in [5.74, 6) is -0.550. The summed E-state index contributed by atoms with van der Waals surface area (Å²) < 4.78 is 6.92. The van der Waals surface area contributed by atoms with Gasteiger partial charge in [0.05, 0.1) is 22.9 Å². The Balaban J connectivity index is 1.49. The first kappa shape index (κ1) is 19.9. The standard InChI is InChI=1S/C22H20N4O3S/c1-3-29-21(28)16-8-11-17(12-9-16)23-20(27)14(2)30-22-25-24-19-13-10-15-6-4-5-7-18(15)26(19)22/h4-14H,3H2,1-2H3,(H,23,27). The number of pyridine rings is 1. The summed E-state index contributed by atoms with van der Waals surface area (Å²) in [6.45, 7) is 3.89. The third-order valence-corrected chi connectivity index (χ3v) is 5.61. The first-order valence-electron chi connectivity index (χ1n) is 9.54. The summed E-state index contributed by atoms with van der Waals surface area (Å²) in [5.41, 5.74) is 2.78. The number of aromatic nitrogens is 3. The molecule has 2 aromatic carbocycles. The van der Waals surface area contributed by atoms with Crippen LogP contribution in [-0.2, 0) is 9.53 Å². The zero-order valence-corrected chi connectivity index (χ0v) is 17.3. The molecular formula is C22H20N4O3S. The number of hydrogen-bond acceptors (Lipinski definition) is 6. The van der Waals surface area contributed by atoms with Crippen molar-refractivity contribution in [1.29, 1.82) is 0 Å². The van der Waals surface area contributed by atoms with Crippen LogP contribution < -0.4 is 5.32 Å². The van der Waals surface area contributed by atoms with E-state index in [0.717, 1.165) is 16.6 Å². The second kappa shape index (κ2) is 8.54. The average Bonchev–Trinajstić information content (AvgIpc) is 3.17. The molecule has 152 valence electrons. The molecule has 0 aliphatic rings. The van der Waals surface area contributed by atoms with E-state index in [2.05, 4.69) is 15.5 Å². The molecule has 0 spiro atoms. The molecule has 4 aromatic rings. The highest BCUT2D eigenvalue weighted by Crippen LogP contribution is 2.26.